The fourth-order valence-corrected chi connectivity index (χ4v) is 3.01. The molecule has 2 rings (SSSR count). The number of para-hydroxylation sites is 1. The average Bonchev–Trinajstić information content (AvgIpc) is 2.60. The highest BCUT2D eigenvalue weighted by molar-refractivity contribution is 7.22. The Morgan fingerprint density at radius 3 is 2.82 bits per heavy atom. The van der Waals surface area contributed by atoms with E-state index >= 15 is 0 Å². The molecule has 0 spiro atoms. The molecule has 0 aliphatic heterocycles. The van der Waals surface area contributed by atoms with E-state index < -0.39 is 0 Å². The number of aromatic nitrogens is 1. The van der Waals surface area contributed by atoms with Crippen molar-refractivity contribution in [3.05, 3.63) is 23.8 Å². The molecule has 0 bridgehead atoms. The molecule has 1 atom stereocenters. The van der Waals surface area contributed by atoms with Crippen LogP contribution < -0.4 is 5.32 Å². The third-order valence-corrected chi connectivity index (χ3v) is 3.58. The zero-order chi connectivity index (χ0) is 12.4. The number of hydrogen-bond donors (Lipinski definition) is 1. The summed E-state index contributed by atoms with van der Waals surface area (Å²) >= 11 is 1.73. The second-order valence-electron chi connectivity index (χ2n) is 4.75. The van der Waals surface area contributed by atoms with Gasteiger partial charge in [0, 0.05) is 12.6 Å². The molecule has 0 aliphatic carbocycles. The maximum Gasteiger partial charge on any atom is 0.184 e. The largest absolute Gasteiger partial charge is 0.358 e. The molecule has 0 saturated heterocycles. The molecule has 4 heteroatoms. The fraction of sp³-hybridized carbons (Fsp3) is 0.462. The lowest BCUT2D eigenvalue weighted by molar-refractivity contribution is 0.392. The van der Waals surface area contributed by atoms with Crippen molar-refractivity contribution < 1.29 is 0 Å². The van der Waals surface area contributed by atoms with Gasteiger partial charge in [0.05, 0.1) is 10.2 Å². The molecule has 0 fully saturated rings. The number of thiazole rings is 1. The van der Waals surface area contributed by atoms with Gasteiger partial charge in [-0.1, -0.05) is 23.5 Å². The Labute approximate surface area is 106 Å². The van der Waals surface area contributed by atoms with E-state index in [9.17, 15) is 0 Å². The average molecular weight is 249 g/mol. The number of hydrogen-bond acceptors (Lipinski definition) is 4. The van der Waals surface area contributed by atoms with Crippen LogP contribution in [0.5, 0.6) is 0 Å². The molecule has 92 valence electrons. The quantitative estimate of drug-likeness (QED) is 0.903. The van der Waals surface area contributed by atoms with Crippen LogP contribution in [0.15, 0.2) is 18.2 Å². The summed E-state index contributed by atoms with van der Waals surface area (Å²) in [4.78, 5) is 6.83. The smallest absolute Gasteiger partial charge is 0.184 e. The van der Waals surface area contributed by atoms with E-state index in [0.717, 1.165) is 17.2 Å². The van der Waals surface area contributed by atoms with Gasteiger partial charge >= 0.3 is 0 Å². The molecule has 0 aliphatic rings. The predicted octanol–water partition coefficient (Wildman–Crippen LogP) is 2.97. The second-order valence-corrected chi connectivity index (χ2v) is 5.78. The lowest BCUT2D eigenvalue weighted by atomic mass is 10.2. The lowest BCUT2D eigenvalue weighted by Gasteiger charge is -2.17. The van der Waals surface area contributed by atoms with Crippen molar-refractivity contribution in [3.63, 3.8) is 0 Å². The van der Waals surface area contributed by atoms with Gasteiger partial charge in [-0.2, -0.15) is 0 Å². The number of likely N-dealkylation sites (N-methyl/N-ethyl adjacent to an activating group) is 1. The van der Waals surface area contributed by atoms with E-state index in [4.69, 9.17) is 0 Å². The molecule has 1 heterocycles. The van der Waals surface area contributed by atoms with E-state index in [0.29, 0.717) is 6.04 Å². The van der Waals surface area contributed by atoms with Crippen molar-refractivity contribution in [1.82, 2.24) is 9.88 Å². The summed E-state index contributed by atoms with van der Waals surface area (Å²) in [5.74, 6) is 0. The van der Waals surface area contributed by atoms with Crippen LogP contribution in [0.25, 0.3) is 10.2 Å². The van der Waals surface area contributed by atoms with Gasteiger partial charge in [-0.15, -0.1) is 0 Å². The van der Waals surface area contributed by atoms with Gasteiger partial charge in [0.25, 0.3) is 0 Å². The molecule has 1 aromatic carbocycles. The Kier molecular flexibility index (Phi) is 3.64. The molecular formula is C13H19N3S. The zero-order valence-electron chi connectivity index (χ0n) is 10.8. The molecule has 1 aromatic heterocycles. The van der Waals surface area contributed by atoms with Crippen LogP contribution in [0.2, 0.25) is 0 Å². The second kappa shape index (κ2) is 5.02. The van der Waals surface area contributed by atoms with Gasteiger partial charge in [0.1, 0.15) is 0 Å². The van der Waals surface area contributed by atoms with Crippen molar-refractivity contribution >= 4 is 26.7 Å². The SMILES string of the molecule is Cc1cccc2sc(NC(C)CN(C)C)nc12. The molecule has 3 nitrogen and oxygen atoms in total. The molecular weight excluding hydrogens is 230 g/mol. The van der Waals surface area contributed by atoms with Crippen molar-refractivity contribution in [1.29, 1.82) is 0 Å². The summed E-state index contributed by atoms with van der Waals surface area (Å²) in [6.07, 6.45) is 0. The maximum absolute atomic E-state index is 4.65. The first-order valence-corrected chi connectivity index (χ1v) is 6.65. The topological polar surface area (TPSA) is 28.2 Å². The molecule has 0 radical (unpaired) electrons. The maximum atomic E-state index is 4.65. The molecule has 1 unspecified atom stereocenters. The summed E-state index contributed by atoms with van der Waals surface area (Å²) in [7, 11) is 4.17. The highest BCUT2D eigenvalue weighted by atomic mass is 32.1. The van der Waals surface area contributed by atoms with Gasteiger partial charge in [0.2, 0.25) is 0 Å². The monoisotopic (exact) mass is 249 g/mol. The number of fused-ring (bicyclic) bond motifs is 1. The zero-order valence-corrected chi connectivity index (χ0v) is 11.6. The number of nitrogens with zero attached hydrogens (tertiary/aromatic N) is 2. The first kappa shape index (κ1) is 12.3. The van der Waals surface area contributed by atoms with Gasteiger partial charge in [0.15, 0.2) is 5.13 Å². The number of aryl methyl sites for hydroxylation is 1. The Morgan fingerprint density at radius 1 is 1.41 bits per heavy atom. The molecule has 1 N–H and O–H groups in total. The van der Waals surface area contributed by atoms with Gasteiger partial charge in [-0.05, 0) is 39.6 Å². The lowest BCUT2D eigenvalue weighted by Crippen LogP contribution is -2.29. The van der Waals surface area contributed by atoms with Gasteiger partial charge in [-0.25, -0.2) is 4.98 Å². The minimum Gasteiger partial charge on any atom is -0.358 e. The van der Waals surface area contributed by atoms with Crippen LogP contribution in [-0.2, 0) is 0 Å². The van der Waals surface area contributed by atoms with E-state index in [2.05, 4.69) is 61.3 Å². The number of nitrogens with one attached hydrogen (secondary N) is 1. The van der Waals surface area contributed by atoms with E-state index in [1.807, 2.05) is 0 Å². The van der Waals surface area contributed by atoms with E-state index in [-0.39, 0.29) is 0 Å². The number of rotatable bonds is 4. The van der Waals surface area contributed by atoms with Crippen molar-refractivity contribution in [2.24, 2.45) is 0 Å². The van der Waals surface area contributed by atoms with Crippen LogP contribution in [0.1, 0.15) is 12.5 Å². The van der Waals surface area contributed by atoms with Crippen molar-refractivity contribution in [2.75, 3.05) is 26.0 Å². The number of anilines is 1. The first-order valence-electron chi connectivity index (χ1n) is 5.83. The Hall–Kier alpha value is -1.13. The van der Waals surface area contributed by atoms with Crippen molar-refractivity contribution in [3.8, 4) is 0 Å². The van der Waals surface area contributed by atoms with E-state index in [1.54, 1.807) is 11.3 Å². The summed E-state index contributed by atoms with van der Waals surface area (Å²) in [6, 6.07) is 6.73. The third-order valence-electron chi connectivity index (χ3n) is 2.63. The van der Waals surface area contributed by atoms with Crippen molar-refractivity contribution in [2.45, 2.75) is 19.9 Å². The Bertz CT molecular complexity index is 504. The van der Waals surface area contributed by atoms with Crippen LogP contribution in [0, 0.1) is 6.92 Å². The highest BCUT2D eigenvalue weighted by Crippen LogP contribution is 2.28. The molecule has 0 saturated carbocycles. The van der Waals surface area contributed by atoms with Crippen LogP contribution >= 0.6 is 11.3 Å². The van der Waals surface area contributed by atoms with Gasteiger partial charge in [-0.3, -0.25) is 0 Å². The standard InChI is InChI=1S/C13H19N3S/c1-9-6-5-7-11-12(9)15-13(17-11)14-10(2)8-16(3)4/h5-7,10H,8H2,1-4H3,(H,14,15). The molecule has 2 aromatic rings. The molecule has 17 heavy (non-hydrogen) atoms. The predicted molar refractivity (Wildman–Crippen MR) is 76.0 cm³/mol. The summed E-state index contributed by atoms with van der Waals surface area (Å²) in [5, 5.41) is 4.47. The summed E-state index contributed by atoms with van der Waals surface area (Å²) in [6.45, 7) is 5.29. The fourth-order valence-electron chi connectivity index (χ4n) is 1.95. The first-order chi connectivity index (χ1) is 8.06. The highest BCUT2D eigenvalue weighted by Gasteiger charge is 2.08. The third kappa shape index (κ3) is 2.96. The normalized spacial score (nSPS) is 13.2. The minimum absolute atomic E-state index is 0.408. The van der Waals surface area contributed by atoms with Crippen LogP contribution in [0.3, 0.4) is 0 Å². The van der Waals surface area contributed by atoms with Crippen LogP contribution in [-0.4, -0.2) is 36.6 Å². The Balaban J connectivity index is 2.17. The minimum atomic E-state index is 0.408. The molecule has 0 amide bonds. The van der Waals surface area contributed by atoms with Gasteiger partial charge < -0.3 is 10.2 Å². The summed E-state index contributed by atoms with van der Waals surface area (Å²) < 4.78 is 1.25. The van der Waals surface area contributed by atoms with E-state index in [1.165, 1.54) is 10.3 Å². The summed E-state index contributed by atoms with van der Waals surface area (Å²) in [5.41, 5.74) is 2.36. The van der Waals surface area contributed by atoms with Crippen LogP contribution in [0.4, 0.5) is 5.13 Å². The number of benzene rings is 1. The Morgan fingerprint density at radius 2 is 2.18 bits per heavy atom.